The van der Waals surface area contributed by atoms with Crippen LogP contribution in [-0.4, -0.2) is 37.2 Å². The van der Waals surface area contributed by atoms with E-state index in [1.165, 1.54) is 148 Å². The van der Waals surface area contributed by atoms with E-state index < -0.39 is 6.10 Å². The molecule has 0 fully saturated rings. The number of carbonyl (C=O) groups is 3. The van der Waals surface area contributed by atoms with Crippen molar-refractivity contribution in [2.24, 2.45) is 17.8 Å². The fraction of sp³-hybridized carbons (Fsp3) is 0.940. The molecule has 0 amide bonds. The van der Waals surface area contributed by atoms with Crippen molar-refractivity contribution >= 4 is 17.9 Å². The van der Waals surface area contributed by atoms with E-state index in [-0.39, 0.29) is 31.1 Å². The average Bonchev–Trinajstić information content (AvgIpc) is 3.16. The molecule has 0 aliphatic heterocycles. The van der Waals surface area contributed by atoms with Crippen molar-refractivity contribution in [3.8, 4) is 0 Å². The first-order valence-corrected chi connectivity index (χ1v) is 24.6. The number of rotatable bonds is 43. The molecule has 0 aromatic carbocycles. The maximum atomic E-state index is 12.7. The van der Waals surface area contributed by atoms with Crippen molar-refractivity contribution in [3.63, 3.8) is 0 Å². The molecule has 0 rings (SSSR count). The van der Waals surface area contributed by atoms with Gasteiger partial charge in [0.1, 0.15) is 13.2 Å². The highest BCUT2D eigenvalue weighted by Gasteiger charge is 2.19. The van der Waals surface area contributed by atoms with Crippen molar-refractivity contribution < 1.29 is 28.6 Å². The number of esters is 3. The summed E-state index contributed by atoms with van der Waals surface area (Å²) in [5.74, 6) is 1.62. The summed E-state index contributed by atoms with van der Waals surface area (Å²) in [6.07, 6.45) is 39.4. The van der Waals surface area contributed by atoms with Gasteiger partial charge in [-0.05, 0) is 37.0 Å². The molecule has 1 unspecified atom stereocenters. The van der Waals surface area contributed by atoms with Gasteiger partial charge in [0.25, 0.3) is 0 Å². The molecule has 0 saturated carbocycles. The van der Waals surface area contributed by atoms with Gasteiger partial charge in [0, 0.05) is 19.3 Å². The first-order chi connectivity index (χ1) is 27.1. The number of hydrogen-bond acceptors (Lipinski definition) is 6. The molecule has 6 nitrogen and oxygen atoms in total. The lowest BCUT2D eigenvalue weighted by Crippen LogP contribution is -2.30. The van der Waals surface area contributed by atoms with E-state index in [0.717, 1.165) is 75.5 Å². The molecule has 56 heavy (non-hydrogen) atoms. The molecule has 0 aromatic rings. The zero-order chi connectivity index (χ0) is 41.3. The van der Waals surface area contributed by atoms with Crippen LogP contribution in [-0.2, 0) is 28.6 Å². The zero-order valence-corrected chi connectivity index (χ0v) is 38.4. The molecule has 0 heterocycles. The van der Waals surface area contributed by atoms with Crippen molar-refractivity contribution in [2.75, 3.05) is 13.2 Å². The second kappa shape index (κ2) is 41.6. The Morgan fingerprint density at radius 3 is 0.929 bits per heavy atom. The van der Waals surface area contributed by atoms with Gasteiger partial charge in [0.2, 0.25) is 0 Å². The largest absolute Gasteiger partial charge is 0.462 e. The lowest BCUT2D eigenvalue weighted by Gasteiger charge is -2.18. The summed E-state index contributed by atoms with van der Waals surface area (Å²) in [4.78, 5) is 37.8. The van der Waals surface area contributed by atoms with Crippen LogP contribution in [0.5, 0.6) is 0 Å². The maximum Gasteiger partial charge on any atom is 0.306 e. The highest BCUT2D eigenvalue weighted by molar-refractivity contribution is 5.71. The molecule has 0 aromatic heterocycles. The molecule has 6 heteroatoms. The lowest BCUT2D eigenvalue weighted by molar-refractivity contribution is -0.167. The number of carbonyl (C=O) groups excluding carboxylic acids is 3. The molecule has 0 radical (unpaired) electrons. The fourth-order valence-electron chi connectivity index (χ4n) is 7.38. The van der Waals surface area contributed by atoms with Crippen LogP contribution < -0.4 is 0 Å². The van der Waals surface area contributed by atoms with E-state index in [2.05, 4.69) is 41.5 Å². The van der Waals surface area contributed by atoms with E-state index in [1.54, 1.807) is 0 Å². The van der Waals surface area contributed by atoms with Crippen molar-refractivity contribution in [3.05, 3.63) is 0 Å². The third-order valence-electron chi connectivity index (χ3n) is 11.5. The topological polar surface area (TPSA) is 78.9 Å². The Hall–Kier alpha value is -1.59. The van der Waals surface area contributed by atoms with Gasteiger partial charge in [-0.1, -0.05) is 228 Å². The Morgan fingerprint density at radius 2 is 0.625 bits per heavy atom. The van der Waals surface area contributed by atoms with Crippen LogP contribution in [0, 0.1) is 17.8 Å². The summed E-state index contributed by atoms with van der Waals surface area (Å²) in [6, 6.07) is 0. The number of unbranched alkanes of at least 4 members (excludes halogenated alkanes) is 25. The van der Waals surface area contributed by atoms with Crippen LogP contribution in [0.2, 0.25) is 0 Å². The Kier molecular flexibility index (Phi) is 40.4. The van der Waals surface area contributed by atoms with Gasteiger partial charge < -0.3 is 14.2 Å². The summed E-state index contributed by atoms with van der Waals surface area (Å²) in [7, 11) is 0. The second-order valence-corrected chi connectivity index (χ2v) is 18.3. The van der Waals surface area contributed by atoms with E-state index in [0.29, 0.717) is 19.3 Å². The van der Waals surface area contributed by atoms with Gasteiger partial charge in [0.05, 0.1) is 0 Å². The number of ether oxygens (including phenoxy) is 3. The van der Waals surface area contributed by atoms with Crippen LogP contribution in [0.4, 0.5) is 0 Å². The first-order valence-electron chi connectivity index (χ1n) is 24.6. The van der Waals surface area contributed by atoms with Crippen molar-refractivity contribution in [1.82, 2.24) is 0 Å². The quantitative estimate of drug-likeness (QED) is 0.0348. The summed E-state index contributed by atoms with van der Waals surface area (Å²) in [5.41, 5.74) is 0. The van der Waals surface area contributed by atoms with E-state index >= 15 is 0 Å². The zero-order valence-electron chi connectivity index (χ0n) is 38.4. The van der Waals surface area contributed by atoms with Crippen LogP contribution in [0.25, 0.3) is 0 Å². The average molecular weight is 793 g/mol. The lowest BCUT2D eigenvalue weighted by atomic mass is 9.99. The standard InChI is InChI=1S/C50H96O6/c1-7-46(6)38-32-26-20-13-9-11-15-22-28-34-40-49(52)55-43-47(56-50(53)41-35-29-23-17-16-19-25-31-37-45(4)5)42-54-48(51)39-33-27-21-14-10-8-12-18-24-30-36-44(2)3/h44-47H,7-43H2,1-6H3/t46?,47-/m1/s1. The fourth-order valence-corrected chi connectivity index (χ4v) is 7.38. The maximum absolute atomic E-state index is 12.7. The normalized spacial score (nSPS) is 12.6. The van der Waals surface area contributed by atoms with Crippen LogP contribution in [0.1, 0.15) is 266 Å². The van der Waals surface area contributed by atoms with Crippen LogP contribution in [0.15, 0.2) is 0 Å². The third kappa shape index (κ3) is 42.0. The molecule has 2 atom stereocenters. The minimum atomic E-state index is -0.762. The molecular weight excluding hydrogens is 697 g/mol. The van der Waals surface area contributed by atoms with Gasteiger partial charge in [0.15, 0.2) is 6.10 Å². The highest BCUT2D eigenvalue weighted by Crippen LogP contribution is 2.18. The third-order valence-corrected chi connectivity index (χ3v) is 11.5. The molecule has 332 valence electrons. The molecule has 0 saturated heterocycles. The SMILES string of the molecule is CCC(C)CCCCCCCCCCCCC(=O)OC[C@@H](COC(=O)CCCCCCCCCCCCC(C)C)OC(=O)CCCCCCCCCCC(C)C. The van der Waals surface area contributed by atoms with Crippen molar-refractivity contribution in [1.29, 1.82) is 0 Å². The van der Waals surface area contributed by atoms with Crippen LogP contribution in [0.3, 0.4) is 0 Å². The summed E-state index contributed by atoms with van der Waals surface area (Å²) in [6.45, 7) is 13.7. The molecule has 0 aliphatic carbocycles. The minimum Gasteiger partial charge on any atom is -0.462 e. The van der Waals surface area contributed by atoms with Gasteiger partial charge >= 0.3 is 17.9 Å². The Balaban J connectivity index is 4.33. The monoisotopic (exact) mass is 793 g/mol. The van der Waals surface area contributed by atoms with E-state index in [1.807, 2.05) is 0 Å². The smallest absolute Gasteiger partial charge is 0.306 e. The Morgan fingerprint density at radius 1 is 0.357 bits per heavy atom. The second-order valence-electron chi connectivity index (χ2n) is 18.3. The van der Waals surface area contributed by atoms with Gasteiger partial charge in [-0.3, -0.25) is 14.4 Å². The van der Waals surface area contributed by atoms with E-state index in [9.17, 15) is 14.4 Å². The summed E-state index contributed by atoms with van der Waals surface area (Å²) in [5, 5.41) is 0. The Bertz CT molecular complexity index is 870. The Labute approximate surface area is 348 Å². The highest BCUT2D eigenvalue weighted by atomic mass is 16.6. The molecular formula is C50H96O6. The first kappa shape index (κ1) is 54.4. The predicted molar refractivity (Wildman–Crippen MR) is 238 cm³/mol. The summed E-state index contributed by atoms with van der Waals surface area (Å²) < 4.78 is 16.8. The predicted octanol–water partition coefficient (Wildman–Crippen LogP) is 15.6. The van der Waals surface area contributed by atoms with E-state index in [4.69, 9.17) is 14.2 Å². The molecule has 0 aliphatic rings. The van der Waals surface area contributed by atoms with Gasteiger partial charge in [-0.25, -0.2) is 0 Å². The minimum absolute atomic E-state index is 0.0657. The van der Waals surface area contributed by atoms with Crippen molar-refractivity contribution in [2.45, 2.75) is 272 Å². The molecule has 0 bridgehead atoms. The molecule has 0 spiro atoms. The molecule has 0 N–H and O–H groups in total. The van der Waals surface area contributed by atoms with Crippen LogP contribution >= 0.6 is 0 Å². The van der Waals surface area contributed by atoms with Gasteiger partial charge in [-0.15, -0.1) is 0 Å². The van der Waals surface area contributed by atoms with Gasteiger partial charge in [-0.2, -0.15) is 0 Å². The number of hydrogen-bond donors (Lipinski definition) is 0. The summed E-state index contributed by atoms with van der Waals surface area (Å²) >= 11 is 0.